The van der Waals surface area contributed by atoms with E-state index in [0.717, 1.165) is 10.5 Å². The van der Waals surface area contributed by atoms with E-state index in [1.165, 1.54) is 14.0 Å². The first-order valence-electron chi connectivity index (χ1n) is 3.34. The molecule has 0 unspecified atom stereocenters. The molecular weight excluding hydrogens is 196 g/mol. The van der Waals surface area contributed by atoms with Crippen LogP contribution in [0.3, 0.4) is 0 Å². The fourth-order valence-corrected chi connectivity index (χ4v) is 1.65. The Morgan fingerprint density at radius 3 is 2.62 bits per heavy atom. The van der Waals surface area contributed by atoms with Crippen molar-refractivity contribution in [3.63, 3.8) is 0 Å². The summed E-state index contributed by atoms with van der Waals surface area (Å²) < 4.78 is 26.2. The van der Waals surface area contributed by atoms with Crippen molar-refractivity contribution in [1.82, 2.24) is 4.31 Å². The molecule has 0 aromatic heterocycles. The predicted octanol–water partition coefficient (Wildman–Crippen LogP) is -0.394. The molecule has 0 saturated carbocycles. The highest BCUT2D eigenvalue weighted by atomic mass is 32.2. The summed E-state index contributed by atoms with van der Waals surface area (Å²) in [6.45, 7) is 1.34. The third-order valence-electron chi connectivity index (χ3n) is 1.55. The molecular formula is C6H8N2O4S. The maximum absolute atomic E-state index is 11.1. The summed E-state index contributed by atoms with van der Waals surface area (Å²) in [6, 6.07) is 0. The van der Waals surface area contributed by atoms with Gasteiger partial charge in [0.25, 0.3) is 0 Å². The first-order valence-corrected chi connectivity index (χ1v) is 4.74. The van der Waals surface area contributed by atoms with Gasteiger partial charge < -0.3 is 5.11 Å². The van der Waals surface area contributed by atoms with Gasteiger partial charge in [0.05, 0.1) is 11.3 Å². The van der Waals surface area contributed by atoms with Gasteiger partial charge in [-0.1, -0.05) is 0 Å². The second-order valence-corrected chi connectivity index (χ2v) is 4.17. The highest BCUT2D eigenvalue weighted by molar-refractivity contribution is 7.88. The minimum Gasteiger partial charge on any atom is -0.478 e. The maximum atomic E-state index is 11.1. The molecule has 72 valence electrons. The molecule has 6 nitrogen and oxygen atoms in total. The van der Waals surface area contributed by atoms with Crippen LogP contribution in [0.15, 0.2) is 16.2 Å². The molecule has 0 bridgehead atoms. The van der Waals surface area contributed by atoms with E-state index in [4.69, 9.17) is 5.11 Å². The Morgan fingerprint density at radius 2 is 2.15 bits per heavy atom. The lowest BCUT2D eigenvalue weighted by Crippen LogP contribution is -2.28. The Labute approximate surface area is 75.4 Å². The molecule has 1 heterocycles. The van der Waals surface area contributed by atoms with E-state index in [-0.39, 0.29) is 11.3 Å². The molecule has 1 N–H and O–H groups in total. The summed E-state index contributed by atoms with van der Waals surface area (Å²) in [4.78, 5) is 10.6. The quantitative estimate of drug-likeness (QED) is 0.630. The Balaban J connectivity index is 3.23. The minimum absolute atomic E-state index is 0.00870. The summed E-state index contributed by atoms with van der Waals surface area (Å²) in [7, 11) is -2.47. The summed E-state index contributed by atoms with van der Waals surface area (Å²) in [5.74, 6) is -1.19. The lowest BCUT2D eigenvalue weighted by atomic mass is 10.2. The van der Waals surface area contributed by atoms with Gasteiger partial charge in [-0.25, -0.2) is 4.79 Å². The third kappa shape index (κ3) is 1.69. The molecule has 0 aliphatic carbocycles. The van der Waals surface area contributed by atoms with Crippen LogP contribution < -0.4 is 0 Å². The van der Waals surface area contributed by atoms with Crippen LogP contribution in [0.4, 0.5) is 0 Å². The molecule has 0 radical (unpaired) electrons. The Hall–Kier alpha value is -1.37. The number of hydrogen-bond donors (Lipinski definition) is 1. The van der Waals surface area contributed by atoms with Crippen LogP contribution in [0.1, 0.15) is 6.92 Å². The molecule has 1 aliphatic rings. The van der Waals surface area contributed by atoms with E-state index in [9.17, 15) is 13.2 Å². The number of carboxylic acid groups (broad SMARTS) is 1. The van der Waals surface area contributed by atoms with Gasteiger partial charge in [-0.2, -0.15) is 8.42 Å². The molecule has 1 rings (SSSR count). The van der Waals surface area contributed by atoms with Crippen molar-refractivity contribution in [2.45, 2.75) is 6.92 Å². The van der Waals surface area contributed by atoms with Gasteiger partial charge >= 0.3 is 16.2 Å². The zero-order valence-corrected chi connectivity index (χ0v) is 7.87. The highest BCUT2D eigenvalue weighted by Crippen LogP contribution is 2.13. The molecule has 1 aliphatic heterocycles. The van der Waals surface area contributed by atoms with Crippen LogP contribution in [0.5, 0.6) is 0 Å². The molecule has 0 aromatic rings. The fraction of sp³-hybridized carbons (Fsp3) is 0.333. The second kappa shape index (κ2) is 2.84. The predicted molar refractivity (Wildman–Crippen MR) is 45.5 cm³/mol. The number of carboxylic acids is 1. The van der Waals surface area contributed by atoms with Gasteiger partial charge in [0, 0.05) is 13.2 Å². The zero-order chi connectivity index (χ0) is 10.2. The Bertz CT molecular complexity index is 406. The van der Waals surface area contributed by atoms with Gasteiger partial charge in [-0.05, 0) is 6.92 Å². The number of aliphatic carboxylic acids is 1. The first kappa shape index (κ1) is 9.72. The lowest BCUT2D eigenvalue weighted by molar-refractivity contribution is -0.132. The van der Waals surface area contributed by atoms with E-state index >= 15 is 0 Å². The second-order valence-electron chi connectivity index (χ2n) is 2.52. The van der Waals surface area contributed by atoms with Crippen molar-refractivity contribution in [2.75, 3.05) is 7.05 Å². The zero-order valence-electron chi connectivity index (χ0n) is 7.05. The van der Waals surface area contributed by atoms with Crippen molar-refractivity contribution in [3.8, 4) is 0 Å². The number of hydrogen-bond acceptors (Lipinski definition) is 3. The highest BCUT2D eigenvalue weighted by Gasteiger charge is 2.24. The van der Waals surface area contributed by atoms with Crippen molar-refractivity contribution in [3.05, 3.63) is 11.8 Å². The Morgan fingerprint density at radius 1 is 1.62 bits per heavy atom. The van der Waals surface area contributed by atoms with Crippen LogP contribution in [0, 0.1) is 0 Å². The fourth-order valence-electron chi connectivity index (χ4n) is 0.838. The molecule has 0 saturated heterocycles. The molecule has 0 spiro atoms. The van der Waals surface area contributed by atoms with Gasteiger partial charge in [0.15, 0.2) is 0 Å². The number of carbonyl (C=O) groups is 1. The lowest BCUT2D eigenvalue weighted by Gasteiger charge is -2.17. The van der Waals surface area contributed by atoms with Gasteiger partial charge in [0.2, 0.25) is 0 Å². The maximum Gasteiger partial charge on any atom is 0.344 e. The molecule has 0 aromatic carbocycles. The van der Waals surface area contributed by atoms with E-state index in [1.54, 1.807) is 0 Å². The molecule has 7 heteroatoms. The van der Waals surface area contributed by atoms with Gasteiger partial charge in [-0.3, -0.25) is 4.31 Å². The van der Waals surface area contributed by atoms with Crippen molar-refractivity contribution in [1.29, 1.82) is 0 Å². The van der Waals surface area contributed by atoms with Gasteiger partial charge in [-0.15, -0.1) is 4.40 Å². The average molecular weight is 204 g/mol. The summed E-state index contributed by atoms with van der Waals surface area (Å²) >= 11 is 0. The van der Waals surface area contributed by atoms with Crippen molar-refractivity contribution < 1.29 is 18.3 Å². The standard InChI is InChI=1S/C6H8N2O4S/c1-4-5(6(9)10)3-8(2)13(11,12)7-4/h3H,1-2H3,(H,9,10). The van der Waals surface area contributed by atoms with Crippen molar-refractivity contribution >= 4 is 21.9 Å². The van der Waals surface area contributed by atoms with Crippen LogP contribution in [0.25, 0.3) is 0 Å². The van der Waals surface area contributed by atoms with Gasteiger partial charge in [0.1, 0.15) is 0 Å². The average Bonchev–Trinajstić information content (AvgIpc) is 1.95. The number of nitrogens with zero attached hydrogens (tertiary/aromatic N) is 2. The summed E-state index contributed by atoms with van der Waals surface area (Å²) in [5.41, 5.74) is -0.122. The normalized spacial score (nSPS) is 20.6. The van der Waals surface area contributed by atoms with Crippen LogP contribution in [-0.2, 0) is 15.0 Å². The van der Waals surface area contributed by atoms with E-state index in [1.807, 2.05) is 0 Å². The summed E-state index contributed by atoms with van der Waals surface area (Å²) in [6.07, 6.45) is 1.03. The topological polar surface area (TPSA) is 87.0 Å². The largest absolute Gasteiger partial charge is 0.478 e. The molecule has 0 fully saturated rings. The molecule has 0 amide bonds. The molecule has 13 heavy (non-hydrogen) atoms. The first-order chi connectivity index (χ1) is 5.84. The molecule has 0 atom stereocenters. The SMILES string of the molecule is CC1=NS(=O)(=O)N(C)C=C1C(=O)O. The number of rotatable bonds is 1. The third-order valence-corrected chi connectivity index (χ3v) is 2.89. The van der Waals surface area contributed by atoms with Crippen LogP contribution >= 0.6 is 0 Å². The van der Waals surface area contributed by atoms with Crippen LogP contribution in [-0.4, -0.2) is 36.6 Å². The minimum atomic E-state index is -3.70. The van der Waals surface area contributed by atoms with E-state index in [0.29, 0.717) is 0 Å². The summed E-state index contributed by atoms with van der Waals surface area (Å²) in [5, 5.41) is 8.63. The van der Waals surface area contributed by atoms with E-state index in [2.05, 4.69) is 4.40 Å². The van der Waals surface area contributed by atoms with E-state index < -0.39 is 16.2 Å². The van der Waals surface area contributed by atoms with Crippen LogP contribution in [0.2, 0.25) is 0 Å². The monoisotopic (exact) mass is 204 g/mol. The van der Waals surface area contributed by atoms with Crippen molar-refractivity contribution in [2.24, 2.45) is 4.40 Å². The smallest absolute Gasteiger partial charge is 0.344 e. The Kier molecular flexibility index (Phi) is 2.12.